The fraction of sp³-hybridized carbons (Fsp3) is 0.125. The molecule has 1 N–H and O–H groups in total. The standard InChI is InChI=1S/C16H15N3O2/c1-2-20-13-9-7-12(8-10-13)11-17-19-16-18-14-5-3-4-6-15(14)21-16/h3-11H,2H2,1H3,(H,18,19)/b17-11-. The Morgan fingerprint density at radius 3 is 2.76 bits per heavy atom. The summed E-state index contributed by atoms with van der Waals surface area (Å²) < 4.78 is 10.9. The van der Waals surface area contributed by atoms with Gasteiger partial charge in [0.1, 0.15) is 11.3 Å². The molecule has 106 valence electrons. The van der Waals surface area contributed by atoms with Crippen LogP contribution in [0.1, 0.15) is 12.5 Å². The number of anilines is 1. The summed E-state index contributed by atoms with van der Waals surface area (Å²) in [4.78, 5) is 4.27. The first kappa shape index (κ1) is 13.2. The monoisotopic (exact) mass is 281 g/mol. The summed E-state index contributed by atoms with van der Waals surface area (Å²) in [5.74, 6) is 0.849. The molecule has 0 saturated carbocycles. The van der Waals surface area contributed by atoms with Gasteiger partial charge in [0.05, 0.1) is 12.8 Å². The van der Waals surface area contributed by atoms with Crippen LogP contribution in [0.3, 0.4) is 0 Å². The van der Waals surface area contributed by atoms with Crippen molar-refractivity contribution in [1.29, 1.82) is 0 Å². The van der Waals surface area contributed by atoms with Crippen molar-refractivity contribution in [3.8, 4) is 5.75 Å². The molecule has 0 bridgehead atoms. The minimum Gasteiger partial charge on any atom is -0.494 e. The molecule has 0 saturated heterocycles. The first-order valence-electron chi connectivity index (χ1n) is 6.72. The smallest absolute Gasteiger partial charge is 0.316 e. The fourth-order valence-corrected chi connectivity index (χ4v) is 1.90. The topological polar surface area (TPSA) is 59.6 Å². The normalized spacial score (nSPS) is 11.1. The Bertz CT molecular complexity index is 715. The highest BCUT2D eigenvalue weighted by Gasteiger charge is 2.02. The van der Waals surface area contributed by atoms with Gasteiger partial charge in [0.15, 0.2) is 5.58 Å². The number of nitrogens with one attached hydrogen (secondary N) is 1. The van der Waals surface area contributed by atoms with E-state index >= 15 is 0 Å². The number of hydrogen-bond donors (Lipinski definition) is 1. The van der Waals surface area contributed by atoms with E-state index in [-0.39, 0.29) is 0 Å². The predicted octanol–water partition coefficient (Wildman–Crippen LogP) is 3.67. The number of rotatable bonds is 5. The number of hydrazone groups is 1. The van der Waals surface area contributed by atoms with Crippen molar-refractivity contribution in [1.82, 2.24) is 4.98 Å². The molecular formula is C16H15N3O2. The van der Waals surface area contributed by atoms with Crippen LogP contribution in [-0.4, -0.2) is 17.8 Å². The predicted molar refractivity (Wildman–Crippen MR) is 82.8 cm³/mol. The van der Waals surface area contributed by atoms with Gasteiger partial charge in [-0.2, -0.15) is 10.1 Å². The van der Waals surface area contributed by atoms with Crippen molar-refractivity contribution in [2.45, 2.75) is 6.92 Å². The lowest BCUT2D eigenvalue weighted by Crippen LogP contribution is -1.92. The van der Waals surface area contributed by atoms with Gasteiger partial charge in [-0.05, 0) is 48.9 Å². The van der Waals surface area contributed by atoms with E-state index in [0.717, 1.165) is 22.4 Å². The van der Waals surface area contributed by atoms with Gasteiger partial charge < -0.3 is 9.15 Å². The van der Waals surface area contributed by atoms with Gasteiger partial charge in [0.25, 0.3) is 0 Å². The number of aromatic nitrogens is 1. The SMILES string of the molecule is CCOc1ccc(/C=N\Nc2nc3ccccc3o2)cc1. The van der Waals surface area contributed by atoms with Gasteiger partial charge in [0, 0.05) is 0 Å². The molecule has 0 amide bonds. The largest absolute Gasteiger partial charge is 0.494 e. The number of oxazole rings is 1. The van der Waals surface area contributed by atoms with Gasteiger partial charge in [-0.25, -0.2) is 5.43 Å². The van der Waals surface area contributed by atoms with Crippen molar-refractivity contribution in [3.05, 3.63) is 54.1 Å². The minimum atomic E-state index is 0.374. The van der Waals surface area contributed by atoms with E-state index in [2.05, 4.69) is 15.5 Å². The van der Waals surface area contributed by atoms with Gasteiger partial charge >= 0.3 is 6.01 Å². The lowest BCUT2D eigenvalue weighted by molar-refractivity contribution is 0.340. The van der Waals surface area contributed by atoms with E-state index in [9.17, 15) is 0 Å². The molecule has 0 radical (unpaired) electrons. The maximum Gasteiger partial charge on any atom is 0.316 e. The summed E-state index contributed by atoms with van der Waals surface area (Å²) >= 11 is 0. The molecule has 21 heavy (non-hydrogen) atoms. The van der Waals surface area contributed by atoms with Gasteiger partial charge in [-0.15, -0.1) is 0 Å². The molecule has 0 aliphatic rings. The van der Waals surface area contributed by atoms with Crippen LogP contribution in [0.15, 0.2) is 58.0 Å². The lowest BCUT2D eigenvalue weighted by atomic mass is 10.2. The average Bonchev–Trinajstić information content (AvgIpc) is 2.92. The Labute approximate surface area is 122 Å². The van der Waals surface area contributed by atoms with E-state index < -0.39 is 0 Å². The van der Waals surface area contributed by atoms with Crippen molar-refractivity contribution >= 4 is 23.3 Å². The third-order valence-corrected chi connectivity index (χ3v) is 2.86. The van der Waals surface area contributed by atoms with E-state index in [4.69, 9.17) is 9.15 Å². The second-order valence-electron chi connectivity index (χ2n) is 4.36. The number of nitrogens with zero attached hydrogens (tertiary/aromatic N) is 2. The second-order valence-corrected chi connectivity index (χ2v) is 4.36. The van der Waals surface area contributed by atoms with Gasteiger partial charge in [0.2, 0.25) is 0 Å². The highest BCUT2D eigenvalue weighted by atomic mass is 16.5. The number of benzene rings is 2. The maximum atomic E-state index is 5.50. The van der Waals surface area contributed by atoms with Crippen LogP contribution in [0, 0.1) is 0 Å². The first-order chi connectivity index (χ1) is 10.3. The van der Waals surface area contributed by atoms with Crippen molar-refractivity contribution in [2.75, 3.05) is 12.0 Å². The van der Waals surface area contributed by atoms with Crippen molar-refractivity contribution in [3.63, 3.8) is 0 Å². The molecule has 2 aromatic carbocycles. The van der Waals surface area contributed by atoms with Crippen LogP contribution < -0.4 is 10.2 Å². The van der Waals surface area contributed by atoms with Crippen LogP contribution in [0.25, 0.3) is 11.1 Å². The third-order valence-electron chi connectivity index (χ3n) is 2.86. The second kappa shape index (κ2) is 6.09. The number of para-hydroxylation sites is 2. The Hall–Kier alpha value is -2.82. The summed E-state index contributed by atoms with van der Waals surface area (Å²) in [7, 11) is 0. The molecule has 1 aromatic heterocycles. The zero-order valence-electron chi connectivity index (χ0n) is 11.6. The molecule has 0 atom stereocenters. The maximum absolute atomic E-state index is 5.50. The Balaban J connectivity index is 1.66. The summed E-state index contributed by atoms with van der Waals surface area (Å²) in [5, 5.41) is 4.11. The molecule has 5 nitrogen and oxygen atoms in total. The molecule has 0 fully saturated rings. The van der Waals surface area contributed by atoms with Crippen LogP contribution in [-0.2, 0) is 0 Å². The van der Waals surface area contributed by atoms with Crippen LogP contribution in [0.2, 0.25) is 0 Å². The number of hydrogen-bond acceptors (Lipinski definition) is 5. The minimum absolute atomic E-state index is 0.374. The Morgan fingerprint density at radius 1 is 1.19 bits per heavy atom. The van der Waals surface area contributed by atoms with Gasteiger partial charge in [-0.3, -0.25) is 0 Å². The van der Waals surface area contributed by atoms with Crippen molar-refractivity contribution in [2.24, 2.45) is 5.10 Å². The zero-order valence-corrected chi connectivity index (χ0v) is 11.6. The molecule has 0 spiro atoms. The number of fused-ring (bicyclic) bond motifs is 1. The summed E-state index contributed by atoms with van der Waals surface area (Å²) in [6.45, 7) is 2.62. The van der Waals surface area contributed by atoms with E-state index in [1.165, 1.54) is 0 Å². The quantitative estimate of drug-likeness (QED) is 0.572. The molecule has 1 heterocycles. The van der Waals surface area contributed by atoms with Crippen LogP contribution in [0.5, 0.6) is 5.75 Å². The molecule has 3 aromatic rings. The van der Waals surface area contributed by atoms with Crippen LogP contribution >= 0.6 is 0 Å². The molecule has 0 aliphatic carbocycles. The first-order valence-corrected chi connectivity index (χ1v) is 6.72. The third kappa shape index (κ3) is 3.20. The highest BCUT2D eigenvalue weighted by molar-refractivity contribution is 5.80. The Kier molecular flexibility index (Phi) is 3.82. The molecule has 5 heteroatoms. The summed E-state index contributed by atoms with van der Waals surface area (Å²) in [5.41, 5.74) is 5.28. The van der Waals surface area contributed by atoms with E-state index in [1.54, 1.807) is 6.21 Å². The lowest BCUT2D eigenvalue weighted by Gasteiger charge is -2.01. The molecule has 0 aliphatic heterocycles. The average molecular weight is 281 g/mol. The zero-order chi connectivity index (χ0) is 14.5. The van der Waals surface area contributed by atoms with E-state index in [1.807, 2.05) is 55.5 Å². The molecule has 0 unspecified atom stereocenters. The fourth-order valence-electron chi connectivity index (χ4n) is 1.90. The highest BCUT2D eigenvalue weighted by Crippen LogP contribution is 2.17. The van der Waals surface area contributed by atoms with E-state index in [0.29, 0.717) is 12.6 Å². The summed E-state index contributed by atoms with van der Waals surface area (Å²) in [6, 6.07) is 15.6. The Morgan fingerprint density at radius 2 is 2.00 bits per heavy atom. The van der Waals surface area contributed by atoms with Crippen LogP contribution in [0.4, 0.5) is 6.01 Å². The van der Waals surface area contributed by atoms with Crippen molar-refractivity contribution < 1.29 is 9.15 Å². The number of ether oxygens (including phenoxy) is 1. The molecular weight excluding hydrogens is 266 g/mol. The summed E-state index contributed by atoms with van der Waals surface area (Å²) in [6.07, 6.45) is 1.70. The molecule has 3 rings (SSSR count). The van der Waals surface area contributed by atoms with Gasteiger partial charge in [-0.1, -0.05) is 12.1 Å².